The van der Waals surface area contributed by atoms with Crippen LogP contribution in [0.1, 0.15) is 22.8 Å². The Morgan fingerprint density at radius 1 is 0.933 bits per heavy atom. The molecule has 0 radical (unpaired) electrons. The Balaban J connectivity index is 1.93. The topological polar surface area (TPSA) is 70.0 Å². The lowest BCUT2D eigenvalue weighted by molar-refractivity contribution is -0.118. The lowest BCUT2D eigenvalue weighted by atomic mass is 9.89. The molecule has 7 nitrogen and oxygen atoms in total. The van der Waals surface area contributed by atoms with Gasteiger partial charge >= 0.3 is 4.87 Å². The summed E-state index contributed by atoms with van der Waals surface area (Å²) in [7, 11) is 6.37. The zero-order valence-corrected chi connectivity index (χ0v) is 18.0. The van der Waals surface area contributed by atoms with Crippen LogP contribution in [-0.4, -0.2) is 31.8 Å². The number of aromatic nitrogens is 1. The zero-order chi connectivity index (χ0) is 21.4. The van der Waals surface area contributed by atoms with Gasteiger partial charge in [0, 0.05) is 31.0 Å². The molecule has 0 bridgehead atoms. The van der Waals surface area contributed by atoms with Crippen LogP contribution in [0.25, 0.3) is 0 Å². The van der Waals surface area contributed by atoms with E-state index >= 15 is 0 Å². The minimum absolute atomic E-state index is 0.0936. The van der Waals surface area contributed by atoms with Crippen molar-refractivity contribution in [3.8, 4) is 17.2 Å². The molecule has 3 aromatic rings. The number of fused-ring (bicyclic) bond motifs is 1. The van der Waals surface area contributed by atoms with Gasteiger partial charge in [0.1, 0.15) is 11.6 Å². The third-order valence-corrected chi connectivity index (χ3v) is 6.43. The molecule has 8 heteroatoms. The number of carbonyl (C=O) groups excluding carboxylic acids is 1. The van der Waals surface area contributed by atoms with E-state index in [0.29, 0.717) is 23.1 Å². The molecule has 2 aromatic carbocycles. The summed E-state index contributed by atoms with van der Waals surface area (Å²) in [6.07, 6.45) is 0.202. The summed E-state index contributed by atoms with van der Waals surface area (Å²) in [5.74, 6) is 1.82. The van der Waals surface area contributed by atoms with Crippen LogP contribution in [0.3, 0.4) is 0 Å². The Bertz CT molecular complexity index is 1150. The lowest BCUT2D eigenvalue weighted by Crippen LogP contribution is -2.34. The van der Waals surface area contributed by atoms with E-state index in [1.54, 1.807) is 39.3 Å². The number of benzene rings is 2. The smallest absolute Gasteiger partial charge is 0.308 e. The van der Waals surface area contributed by atoms with Gasteiger partial charge in [0.05, 0.1) is 31.9 Å². The first-order chi connectivity index (χ1) is 14.5. The number of ether oxygens (including phenoxy) is 3. The molecule has 0 spiro atoms. The monoisotopic (exact) mass is 426 g/mol. The van der Waals surface area contributed by atoms with Gasteiger partial charge in [0.25, 0.3) is 0 Å². The lowest BCUT2D eigenvalue weighted by Gasteiger charge is -2.32. The van der Waals surface area contributed by atoms with Crippen molar-refractivity contribution in [2.45, 2.75) is 12.3 Å². The predicted octanol–water partition coefficient (Wildman–Crippen LogP) is 3.67. The maximum atomic E-state index is 13.3. The average Bonchev–Trinajstić information content (AvgIpc) is 3.07. The summed E-state index contributed by atoms with van der Waals surface area (Å²) < 4.78 is 18.0. The Hall–Kier alpha value is -3.26. The molecule has 1 aliphatic rings. The first-order valence-electron chi connectivity index (χ1n) is 9.37. The van der Waals surface area contributed by atoms with Crippen LogP contribution in [-0.2, 0) is 11.8 Å². The SMILES string of the molecule is COc1cc(OC)c(C2CC(=O)N(c3ccccc3)c3c2sc(=O)n3C)cc1OC. The molecule has 0 fully saturated rings. The zero-order valence-electron chi connectivity index (χ0n) is 17.2. The Morgan fingerprint density at radius 2 is 1.57 bits per heavy atom. The molecular formula is C22H22N2O5S. The summed E-state index contributed by atoms with van der Waals surface area (Å²) >= 11 is 1.15. The second-order valence-electron chi connectivity index (χ2n) is 6.89. The molecule has 2 heterocycles. The molecule has 1 atom stereocenters. The number of anilines is 2. The Kier molecular flexibility index (Phi) is 5.26. The van der Waals surface area contributed by atoms with Crippen molar-refractivity contribution in [3.05, 3.63) is 62.6 Å². The van der Waals surface area contributed by atoms with Crippen molar-refractivity contribution in [3.63, 3.8) is 0 Å². The highest BCUT2D eigenvalue weighted by Crippen LogP contribution is 2.48. The van der Waals surface area contributed by atoms with Crippen molar-refractivity contribution in [1.82, 2.24) is 4.57 Å². The number of methoxy groups -OCH3 is 3. The predicted molar refractivity (Wildman–Crippen MR) is 116 cm³/mol. The van der Waals surface area contributed by atoms with Crippen LogP contribution in [0.2, 0.25) is 0 Å². The van der Waals surface area contributed by atoms with E-state index in [-0.39, 0.29) is 23.1 Å². The molecule has 1 amide bonds. The van der Waals surface area contributed by atoms with E-state index in [9.17, 15) is 9.59 Å². The summed E-state index contributed by atoms with van der Waals surface area (Å²) in [5, 5.41) is 0. The van der Waals surface area contributed by atoms with Crippen LogP contribution in [0, 0.1) is 0 Å². The van der Waals surface area contributed by atoms with Crippen molar-refractivity contribution >= 4 is 28.7 Å². The number of hydrogen-bond acceptors (Lipinski definition) is 6. The van der Waals surface area contributed by atoms with Gasteiger partial charge in [0.2, 0.25) is 5.91 Å². The van der Waals surface area contributed by atoms with Crippen LogP contribution in [0.4, 0.5) is 11.5 Å². The molecule has 0 saturated heterocycles. The van der Waals surface area contributed by atoms with Crippen molar-refractivity contribution < 1.29 is 19.0 Å². The molecule has 4 rings (SSSR count). The van der Waals surface area contributed by atoms with Gasteiger partial charge in [0.15, 0.2) is 11.5 Å². The highest BCUT2D eigenvalue weighted by atomic mass is 32.1. The van der Waals surface area contributed by atoms with Crippen LogP contribution in [0.5, 0.6) is 17.2 Å². The van der Waals surface area contributed by atoms with Gasteiger partial charge < -0.3 is 14.2 Å². The van der Waals surface area contributed by atoms with Gasteiger partial charge in [-0.15, -0.1) is 0 Å². The molecule has 1 aromatic heterocycles. The van der Waals surface area contributed by atoms with E-state index < -0.39 is 0 Å². The number of rotatable bonds is 5. The van der Waals surface area contributed by atoms with Crippen molar-refractivity contribution in [2.24, 2.45) is 7.05 Å². The second kappa shape index (κ2) is 7.87. The molecule has 156 valence electrons. The maximum absolute atomic E-state index is 13.3. The van der Waals surface area contributed by atoms with Gasteiger partial charge in [-0.3, -0.25) is 19.1 Å². The summed E-state index contributed by atoms with van der Waals surface area (Å²) in [6, 6.07) is 12.9. The fourth-order valence-corrected chi connectivity index (χ4v) is 4.93. The normalized spacial score (nSPS) is 15.7. The quantitative estimate of drug-likeness (QED) is 0.623. The largest absolute Gasteiger partial charge is 0.496 e. The van der Waals surface area contributed by atoms with E-state index in [1.807, 2.05) is 36.4 Å². The third kappa shape index (κ3) is 3.13. The number of thiazole rings is 1. The van der Waals surface area contributed by atoms with Gasteiger partial charge in [-0.25, -0.2) is 0 Å². The van der Waals surface area contributed by atoms with Crippen molar-refractivity contribution in [2.75, 3.05) is 26.2 Å². The summed E-state index contributed by atoms with van der Waals surface area (Å²) in [6.45, 7) is 0. The number of para-hydroxylation sites is 1. The maximum Gasteiger partial charge on any atom is 0.308 e. The van der Waals surface area contributed by atoms with Crippen molar-refractivity contribution in [1.29, 1.82) is 0 Å². The summed E-state index contributed by atoms with van der Waals surface area (Å²) in [5.41, 5.74) is 1.51. The van der Waals surface area contributed by atoms with E-state index in [4.69, 9.17) is 14.2 Å². The standard InChI is InChI=1S/C22H22N2O5S/c1-23-21-20(30-22(23)26)15(11-19(25)24(21)13-8-6-5-7-9-13)14-10-17(28-3)18(29-4)12-16(14)27-2/h5-10,12,15H,11H2,1-4H3. The molecule has 1 aliphatic heterocycles. The van der Waals surface area contributed by atoms with Gasteiger partial charge in [-0.05, 0) is 18.2 Å². The van der Waals surface area contributed by atoms with Crippen LogP contribution < -0.4 is 24.0 Å². The van der Waals surface area contributed by atoms with Crippen LogP contribution in [0.15, 0.2) is 47.3 Å². The fourth-order valence-electron chi connectivity index (χ4n) is 3.84. The molecule has 0 aliphatic carbocycles. The van der Waals surface area contributed by atoms with E-state index in [0.717, 1.165) is 27.5 Å². The first kappa shape index (κ1) is 20.0. The third-order valence-electron chi connectivity index (χ3n) is 5.29. The highest BCUT2D eigenvalue weighted by molar-refractivity contribution is 7.10. The first-order valence-corrected chi connectivity index (χ1v) is 10.2. The number of amides is 1. The molecule has 30 heavy (non-hydrogen) atoms. The van der Waals surface area contributed by atoms with Gasteiger partial charge in [-0.1, -0.05) is 29.5 Å². The molecule has 1 unspecified atom stereocenters. The second-order valence-corrected chi connectivity index (χ2v) is 7.88. The minimum atomic E-state index is -0.332. The van der Waals surface area contributed by atoms with E-state index in [1.165, 1.54) is 4.57 Å². The number of hydrogen-bond donors (Lipinski definition) is 0. The molecular weight excluding hydrogens is 404 g/mol. The molecule has 0 saturated carbocycles. The summed E-state index contributed by atoms with van der Waals surface area (Å²) in [4.78, 5) is 28.2. The van der Waals surface area contributed by atoms with E-state index in [2.05, 4.69) is 0 Å². The van der Waals surface area contributed by atoms with Gasteiger partial charge in [-0.2, -0.15) is 0 Å². The minimum Gasteiger partial charge on any atom is -0.496 e. The number of carbonyl (C=O) groups is 1. The Morgan fingerprint density at radius 3 is 2.20 bits per heavy atom. The highest BCUT2D eigenvalue weighted by Gasteiger charge is 2.38. The number of nitrogens with zero attached hydrogens (tertiary/aromatic N) is 2. The Labute approximate surface area is 178 Å². The average molecular weight is 426 g/mol. The fraction of sp³-hybridized carbons (Fsp3) is 0.273. The van der Waals surface area contributed by atoms with Crippen LogP contribution >= 0.6 is 11.3 Å². The molecule has 0 N–H and O–H groups in total.